The Morgan fingerprint density at radius 2 is 1.81 bits per heavy atom. The maximum Gasteiger partial charge on any atom is 0.260 e. The molecule has 36 heavy (non-hydrogen) atoms. The topological polar surface area (TPSA) is 64.1 Å². The van der Waals surface area contributed by atoms with Gasteiger partial charge in [0.15, 0.2) is 5.13 Å². The minimum atomic E-state index is -0.0430. The number of rotatable bonds is 13. The summed E-state index contributed by atoms with van der Waals surface area (Å²) in [5.74, 6) is 1.57. The van der Waals surface area contributed by atoms with Crippen LogP contribution in [0.4, 0.5) is 5.13 Å². The van der Waals surface area contributed by atoms with Gasteiger partial charge in [0.25, 0.3) is 5.91 Å². The van der Waals surface area contributed by atoms with Crippen LogP contribution in [0, 0.1) is 0 Å². The third kappa shape index (κ3) is 7.18. The molecule has 1 saturated heterocycles. The third-order valence-electron chi connectivity index (χ3n) is 6.21. The highest BCUT2D eigenvalue weighted by Crippen LogP contribution is 2.32. The normalized spacial score (nSPS) is 14.2. The van der Waals surface area contributed by atoms with Gasteiger partial charge in [0.2, 0.25) is 0 Å². The number of hydrogen-bond donors (Lipinski definition) is 0. The highest BCUT2D eigenvalue weighted by Gasteiger charge is 2.22. The summed E-state index contributed by atoms with van der Waals surface area (Å²) in [6, 6.07) is 13.4. The number of benzene rings is 2. The largest absolute Gasteiger partial charge is 0.494 e. The minimum Gasteiger partial charge on any atom is -0.494 e. The Kier molecular flexibility index (Phi) is 9.95. The van der Waals surface area contributed by atoms with E-state index in [1.54, 1.807) is 0 Å². The van der Waals surface area contributed by atoms with Gasteiger partial charge in [0.1, 0.15) is 11.5 Å². The molecule has 0 N–H and O–H groups in total. The molecule has 1 aliphatic heterocycles. The van der Waals surface area contributed by atoms with Crippen LogP contribution in [0.3, 0.4) is 0 Å². The average molecular weight is 512 g/mol. The zero-order chi connectivity index (χ0) is 25.2. The highest BCUT2D eigenvalue weighted by molar-refractivity contribution is 7.22. The summed E-state index contributed by atoms with van der Waals surface area (Å²) in [5, 5.41) is 0.713. The van der Waals surface area contributed by atoms with E-state index in [1.165, 1.54) is 11.3 Å². The molecule has 0 radical (unpaired) electrons. The van der Waals surface area contributed by atoms with E-state index in [-0.39, 0.29) is 5.91 Å². The number of aromatic nitrogens is 1. The van der Waals surface area contributed by atoms with Crippen molar-refractivity contribution in [2.45, 2.75) is 39.5 Å². The number of fused-ring (bicyclic) bond motifs is 1. The van der Waals surface area contributed by atoms with Gasteiger partial charge in [-0.25, -0.2) is 4.98 Å². The molecule has 8 heteroatoms. The predicted molar refractivity (Wildman–Crippen MR) is 146 cm³/mol. The van der Waals surface area contributed by atoms with E-state index < -0.39 is 0 Å². The van der Waals surface area contributed by atoms with Gasteiger partial charge in [-0.2, -0.15) is 0 Å². The number of nitrogens with zero attached hydrogens (tertiary/aromatic N) is 3. The molecule has 194 valence electrons. The number of thiazole rings is 1. The minimum absolute atomic E-state index is 0.0430. The van der Waals surface area contributed by atoms with Crippen molar-refractivity contribution >= 4 is 32.6 Å². The zero-order valence-electron chi connectivity index (χ0n) is 21.4. The SMILES string of the molecule is CCCCCOc1ccc(C(=O)N(CCCN2CCOCC2)c2nc3ccc(OCC)cc3s2)cc1. The fraction of sp³-hybridized carbons (Fsp3) is 0.500. The van der Waals surface area contributed by atoms with Crippen LogP contribution in [0.1, 0.15) is 49.9 Å². The molecule has 0 bridgehead atoms. The molecule has 2 aromatic carbocycles. The van der Waals surface area contributed by atoms with Gasteiger partial charge in [-0.05, 0) is 62.2 Å². The van der Waals surface area contributed by atoms with Crippen molar-refractivity contribution in [3.05, 3.63) is 48.0 Å². The quantitative estimate of drug-likeness (QED) is 0.277. The molecule has 0 aliphatic carbocycles. The summed E-state index contributed by atoms with van der Waals surface area (Å²) in [6.45, 7) is 10.4. The second-order valence-electron chi connectivity index (χ2n) is 8.90. The van der Waals surface area contributed by atoms with Crippen molar-refractivity contribution in [1.29, 1.82) is 0 Å². The van der Waals surface area contributed by atoms with Crippen LogP contribution in [-0.4, -0.2) is 68.4 Å². The number of ether oxygens (including phenoxy) is 3. The van der Waals surface area contributed by atoms with E-state index >= 15 is 0 Å². The Morgan fingerprint density at radius 3 is 2.56 bits per heavy atom. The molecule has 1 aliphatic rings. The van der Waals surface area contributed by atoms with Gasteiger partial charge < -0.3 is 14.2 Å². The van der Waals surface area contributed by atoms with E-state index in [0.29, 0.717) is 30.5 Å². The van der Waals surface area contributed by atoms with Crippen LogP contribution in [-0.2, 0) is 4.74 Å². The smallest absolute Gasteiger partial charge is 0.260 e. The standard InChI is InChI=1S/C28H37N3O4S/c1-3-5-6-18-35-23-10-8-22(9-11-23)27(32)31(15-7-14-30-16-19-33-20-17-30)28-29-25-13-12-24(34-4-2)21-26(25)36-28/h8-13,21H,3-7,14-20H2,1-2H3. The van der Waals surface area contributed by atoms with Crippen LogP contribution in [0.2, 0.25) is 0 Å². The number of morpholine rings is 1. The van der Waals surface area contributed by atoms with Crippen molar-refractivity contribution in [1.82, 2.24) is 9.88 Å². The van der Waals surface area contributed by atoms with Crippen LogP contribution in [0.15, 0.2) is 42.5 Å². The lowest BCUT2D eigenvalue weighted by Crippen LogP contribution is -2.39. The molecule has 1 amide bonds. The van der Waals surface area contributed by atoms with Crippen LogP contribution in [0.5, 0.6) is 11.5 Å². The van der Waals surface area contributed by atoms with Gasteiger partial charge >= 0.3 is 0 Å². The zero-order valence-corrected chi connectivity index (χ0v) is 22.2. The van der Waals surface area contributed by atoms with Crippen molar-refractivity contribution in [2.75, 3.05) is 57.5 Å². The van der Waals surface area contributed by atoms with Crippen LogP contribution in [0.25, 0.3) is 10.2 Å². The summed E-state index contributed by atoms with van der Waals surface area (Å²) in [7, 11) is 0. The molecule has 7 nitrogen and oxygen atoms in total. The fourth-order valence-corrected chi connectivity index (χ4v) is 5.24. The second-order valence-corrected chi connectivity index (χ2v) is 9.91. The molecule has 0 spiro atoms. The van der Waals surface area contributed by atoms with Crippen LogP contribution < -0.4 is 14.4 Å². The Labute approximate surface area is 218 Å². The Hall–Kier alpha value is -2.68. The molecule has 3 aromatic rings. The van der Waals surface area contributed by atoms with Crippen molar-refractivity contribution in [2.24, 2.45) is 0 Å². The van der Waals surface area contributed by atoms with Gasteiger partial charge in [0, 0.05) is 31.7 Å². The second kappa shape index (κ2) is 13.6. The number of carbonyl (C=O) groups is 1. The molecule has 0 saturated carbocycles. The maximum absolute atomic E-state index is 13.7. The lowest BCUT2D eigenvalue weighted by Gasteiger charge is -2.27. The molecule has 1 aromatic heterocycles. The predicted octanol–water partition coefficient (Wildman–Crippen LogP) is 5.63. The fourth-order valence-electron chi connectivity index (χ4n) is 4.22. The summed E-state index contributed by atoms with van der Waals surface area (Å²) in [6.07, 6.45) is 4.22. The number of unbranched alkanes of at least 4 members (excludes halogenated alkanes) is 2. The number of amides is 1. The third-order valence-corrected chi connectivity index (χ3v) is 7.25. The Bertz CT molecular complexity index is 1100. The van der Waals surface area contributed by atoms with Crippen molar-refractivity contribution in [3.8, 4) is 11.5 Å². The molecule has 1 fully saturated rings. The summed E-state index contributed by atoms with van der Waals surface area (Å²) >= 11 is 1.53. The Balaban J connectivity index is 1.50. The van der Waals surface area contributed by atoms with E-state index in [4.69, 9.17) is 19.2 Å². The monoisotopic (exact) mass is 511 g/mol. The average Bonchev–Trinajstić information content (AvgIpc) is 3.33. The molecular formula is C28H37N3O4S. The Morgan fingerprint density at radius 1 is 1.03 bits per heavy atom. The van der Waals surface area contributed by atoms with Gasteiger partial charge in [-0.3, -0.25) is 14.6 Å². The molecule has 2 heterocycles. The van der Waals surface area contributed by atoms with E-state index in [1.807, 2.05) is 54.3 Å². The summed E-state index contributed by atoms with van der Waals surface area (Å²) in [4.78, 5) is 22.7. The van der Waals surface area contributed by atoms with E-state index in [2.05, 4.69) is 11.8 Å². The van der Waals surface area contributed by atoms with Crippen molar-refractivity contribution in [3.63, 3.8) is 0 Å². The number of anilines is 1. The number of hydrogen-bond acceptors (Lipinski definition) is 7. The first-order valence-electron chi connectivity index (χ1n) is 13.1. The lowest BCUT2D eigenvalue weighted by atomic mass is 10.2. The summed E-state index contributed by atoms with van der Waals surface area (Å²) < 4.78 is 18.0. The maximum atomic E-state index is 13.7. The van der Waals surface area contributed by atoms with E-state index in [9.17, 15) is 4.79 Å². The number of carbonyl (C=O) groups excluding carboxylic acids is 1. The van der Waals surface area contributed by atoms with Crippen molar-refractivity contribution < 1.29 is 19.0 Å². The van der Waals surface area contributed by atoms with Gasteiger partial charge in [-0.1, -0.05) is 31.1 Å². The lowest BCUT2D eigenvalue weighted by molar-refractivity contribution is 0.0376. The molecule has 0 unspecified atom stereocenters. The van der Waals surface area contributed by atoms with E-state index in [0.717, 1.165) is 80.2 Å². The molecular weight excluding hydrogens is 474 g/mol. The first kappa shape index (κ1) is 26.4. The van der Waals surface area contributed by atoms with Gasteiger partial charge in [0.05, 0.1) is 36.6 Å². The first-order valence-corrected chi connectivity index (χ1v) is 13.9. The van der Waals surface area contributed by atoms with Crippen LogP contribution >= 0.6 is 11.3 Å². The summed E-state index contributed by atoms with van der Waals surface area (Å²) in [5.41, 5.74) is 1.51. The highest BCUT2D eigenvalue weighted by atomic mass is 32.1. The molecule has 4 rings (SSSR count). The first-order chi connectivity index (χ1) is 17.7. The van der Waals surface area contributed by atoms with Gasteiger partial charge in [-0.15, -0.1) is 0 Å². The molecule has 0 atom stereocenters.